The van der Waals surface area contributed by atoms with E-state index in [0.717, 1.165) is 0 Å². The summed E-state index contributed by atoms with van der Waals surface area (Å²) in [6.45, 7) is 3.34. The number of nitrogens with zero attached hydrogens (tertiary/aromatic N) is 3. The van der Waals surface area contributed by atoms with Gasteiger partial charge in [-0.2, -0.15) is 10.1 Å². The molecule has 7 nitrogen and oxygen atoms in total. The highest BCUT2D eigenvalue weighted by Crippen LogP contribution is 2.08. The van der Waals surface area contributed by atoms with Crippen molar-refractivity contribution in [3.05, 3.63) is 30.4 Å². The monoisotopic (exact) mass is 250 g/mol. The van der Waals surface area contributed by atoms with Gasteiger partial charge in [-0.05, 0) is 13.0 Å². The van der Waals surface area contributed by atoms with Crippen LogP contribution >= 0.6 is 0 Å². The van der Waals surface area contributed by atoms with Crippen LogP contribution in [0.15, 0.2) is 29.1 Å². The molecule has 2 aromatic rings. The Morgan fingerprint density at radius 1 is 1.61 bits per heavy atom. The summed E-state index contributed by atoms with van der Waals surface area (Å²) in [5.41, 5.74) is 0.165. The number of esters is 1. The van der Waals surface area contributed by atoms with E-state index in [1.807, 2.05) is 12.3 Å². The minimum Gasteiger partial charge on any atom is -0.461 e. The van der Waals surface area contributed by atoms with Gasteiger partial charge in [0.25, 0.3) is 6.01 Å². The number of rotatable bonds is 6. The molecule has 0 saturated carbocycles. The number of nitrogens with one attached hydrogen (secondary N) is 1. The number of oxazole rings is 1. The van der Waals surface area contributed by atoms with Crippen molar-refractivity contribution < 1.29 is 13.9 Å². The Bertz CT molecular complexity index is 492. The first-order chi connectivity index (χ1) is 8.79. The summed E-state index contributed by atoms with van der Waals surface area (Å²) in [4.78, 5) is 15.3. The summed E-state index contributed by atoms with van der Waals surface area (Å²) in [5, 5.41) is 7.01. The van der Waals surface area contributed by atoms with Gasteiger partial charge in [0.2, 0.25) is 0 Å². The average molecular weight is 250 g/mol. The number of hydrogen-bond acceptors (Lipinski definition) is 6. The van der Waals surface area contributed by atoms with Crippen LogP contribution in [0.25, 0.3) is 0 Å². The first-order valence-electron chi connectivity index (χ1n) is 5.63. The highest BCUT2D eigenvalue weighted by atomic mass is 16.5. The second-order valence-electron chi connectivity index (χ2n) is 3.45. The van der Waals surface area contributed by atoms with Crippen molar-refractivity contribution in [1.29, 1.82) is 0 Å². The number of aromatic nitrogens is 3. The largest absolute Gasteiger partial charge is 0.461 e. The van der Waals surface area contributed by atoms with Gasteiger partial charge in [0.15, 0.2) is 5.69 Å². The van der Waals surface area contributed by atoms with Crippen molar-refractivity contribution in [2.75, 3.05) is 18.5 Å². The molecule has 2 aromatic heterocycles. The van der Waals surface area contributed by atoms with Crippen molar-refractivity contribution >= 4 is 12.0 Å². The van der Waals surface area contributed by atoms with Crippen molar-refractivity contribution in [2.45, 2.75) is 13.5 Å². The van der Waals surface area contributed by atoms with Crippen LogP contribution < -0.4 is 5.32 Å². The molecule has 0 aliphatic rings. The van der Waals surface area contributed by atoms with Crippen LogP contribution in [0, 0.1) is 0 Å². The standard InChI is InChI=1S/C11H14N4O3/c1-2-17-10(16)9-8-18-11(14-9)12-5-7-15-6-3-4-13-15/h3-4,6,8H,2,5,7H2,1H3,(H,12,14). The van der Waals surface area contributed by atoms with E-state index in [1.54, 1.807) is 17.8 Å². The summed E-state index contributed by atoms with van der Waals surface area (Å²) >= 11 is 0. The van der Waals surface area contributed by atoms with Gasteiger partial charge in [-0.25, -0.2) is 4.79 Å². The summed E-state index contributed by atoms with van der Waals surface area (Å²) in [7, 11) is 0. The van der Waals surface area contributed by atoms with E-state index in [-0.39, 0.29) is 5.69 Å². The molecular formula is C11H14N4O3. The quantitative estimate of drug-likeness (QED) is 0.775. The van der Waals surface area contributed by atoms with Crippen LogP contribution in [0.4, 0.5) is 6.01 Å². The van der Waals surface area contributed by atoms with E-state index < -0.39 is 5.97 Å². The number of anilines is 1. The van der Waals surface area contributed by atoms with Gasteiger partial charge in [-0.15, -0.1) is 0 Å². The topological polar surface area (TPSA) is 82.2 Å². The summed E-state index contributed by atoms with van der Waals surface area (Å²) in [5.74, 6) is -0.485. The molecule has 2 rings (SSSR count). The minimum atomic E-state index is -0.485. The summed E-state index contributed by atoms with van der Waals surface area (Å²) in [6, 6.07) is 2.15. The van der Waals surface area contributed by atoms with Gasteiger partial charge in [-0.3, -0.25) is 4.68 Å². The van der Waals surface area contributed by atoms with E-state index in [0.29, 0.717) is 25.7 Å². The van der Waals surface area contributed by atoms with E-state index in [2.05, 4.69) is 15.4 Å². The Morgan fingerprint density at radius 2 is 2.50 bits per heavy atom. The third kappa shape index (κ3) is 3.09. The number of carbonyl (C=O) groups excluding carboxylic acids is 1. The van der Waals surface area contributed by atoms with Gasteiger partial charge >= 0.3 is 5.97 Å². The van der Waals surface area contributed by atoms with Gasteiger partial charge < -0.3 is 14.5 Å². The third-order valence-electron chi connectivity index (χ3n) is 2.17. The molecule has 0 saturated heterocycles. The molecule has 96 valence electrons. The fraction of sp³-hybridized carbons (Fsp3) is 0.364. The zero-order chi connectivity index (χ0) is 12.8. The highest BCUT2D eigenvalue weighted by molar-refractivity contribution is 5.87. The van der Waals surface area contributed by atoms with Gasteiger partial charge in [0.05, 0.1) is 13.2 Å². The number of hydrogen-bond donors (Lipinski definition) is 1. The predicted octanol–water partition coefficient (Wildman–Crippen LogP) is 1.16. The normalized spacial score (nSPS) is 10.3. The maximum absolute atomic E-state index is 11.3. The molecule has 2 heterocycles. The van der Waals surface area contributed by atoms with Gasteiger partial charge in [0, 0.05) is 18.9 Å². The lowest BCUT2D eigenvalue weighted by Gasteiger charge is -2.01. The molecule has 0 bridgehead atoms. The minimum absolute atomic E-state index is 0.165. The molecule has 0 aliphatic carbocycles. The Morgan fingerprint density at radius 3 is 3.22 bits per heavy atom. The molecule has 0 amide bonds. The Labute approximate surface area is 104 Å². The average Bonchev–Trinajstić information content (AvgIpc) is 3.00. The van der Waals surface area contributed by atoms with Crippen LogP contribution in [0.2, 0.25) is 0 Å². The van der Waals surface area contributed by atoms with Crippen molar-refractivity contribution in [3.8, 4) is 0 Å². The van der Waals surface area contributed by atoms with E-state index in [4.69, 9.17) is 9.15 Å². The predicted molar refractivity (Wildman–Crippen MR) is 63.2 cm³/mol. The van der Waals surface area contributed by atoms with Gasteiger partial charge in [-0.1, -0.05) is 0 Å². The molecule has 0 radical (unpaired) electrons. The zero-order valence-electron chi connectivity index (χ0n) is 10.00. The molecule has 0 unspecified atom stereocenters. The van der Waals surface area contributed by atoms with E-state index in [1.165, 1.54) is 6.26 Å². The SMILES string of the molecule is CCOC(=O)c1coc(NCCn2cccn2)n1. The zero-order valence-corrected chi connectivity index (χ0v) is 10.00. The fourth-order valence-corrected chi connectivity index (χ4v) is 1.36. The summed E-state index contributed by atoms with van der Waals surface area (Å²) in [6.07, 6.45) is 4.85. The van der Waals surface area contributed by atoms with Crippen molar-refractivity contribution in [3.63, 3.8) is 0 Å². The molecule has 1 N–H and O–H groups in total. The summed E-state index contributed by atoms with van der Waals surface area (Å²) < 4.78 is 11.7. The van der Waals surface area contributed by atoms with E-state index >= 15 is 0 Å². The Kier molecular flexibility index (Phi) is 3.95. The number of carbonyl (C=O) groups is 1. The van der Waals surface area contributed by atoms with Crippen LogP contribution in [-0.4, -0.2) is 33.9 Å². The molecular weight excluding hydrogens is 236 g/mol. The molecule has 0 spiro atoms. The second-order valence-corrected chi connectivity index (χ2v) is 3.45. The van der Waals surface area contributed by atoms with Crippen molar-refractivity contribution in [1.82, 2.24) is 14.8 Å². The van der Waals surface area contributed by atoms with Crippen LogP contribution in [-0.2, 0) is 11.3 Å². The lowest BCUT2D eigenvalue weighted by atomic mass is 10.5. The Balaban J connectivity index is 1.81. The smallest absolute Gasteiger partial charge is 0.360 e. The van der Waals surface area contributed by atoms with Crippen LogP contribution in [0.1, 0.15) is 17.4 Å². The second kappa shape index (κ2) is 5.85. The lowest BCUT2D eigenvalue weighted by molar-refractivity contribution is 0.0519. The fourth-order valence-electron chi connectivity index (χ4n) is 1.36. The number of ether oxygens (including phenoxy) is 1. The maximum atomic E-state index is 11.3. The highest BCUT2D eigenvalue weighted by Gasteiger charge is 2.12. The maximum Gasteiger partial charge on any atom is 0.360 e. The van der Waals surface area contributed by atoms with Crippen LogP contribution in [0.3, 0.4) is 0 Å². The molecule has 0 fully saturated rings. The molecule has 0 atom stereocenters. The molecule has 7 heteroatoms. The first-order valence-corrected chi connectivity index (χ1v) is 5.63. The van der Waals surface area contributed by atoms with Crippen molar-refractivity contribution in [2.24, 2.45) is 0 Å². The molecule has 0 aromatic carbocycles. The third-order valence-corrected chi connectivity index (χ3v) is 2.17. The first kappa shape index (κ1) is 12.2. The Hall–Kier alpha value is -2.31. The van der Waals surface area contributed by atoms with E-state index in [9.17, 15) is 4.79 Å². The van der Waals surface area contributed by atoms with Crippen LogP contribution in [0.5, 0.6) is 0 Å². The molecule has 0 aliphatic heterocycles. The lowest BCUT2D eigenvalue weighted by Crippen LogP contribution is -2.11. The molecule has 18 heavy (non-hydrogen) atoms. The van der Waals surface area contributed by atoms with Gasteiger partial charge in [0.1, 0.15) is 6.26 Å².